The highest BCUT2D eigenvalue weighted by molar-refractivity contribution is 6.51. The van der Waals surface area contributed by atoms with Crippen LogP contribution >= 0.6 is 0 Å². The summed E-state index contributed by atoms with van der Waals surface area (Å²) in [5, 5.41) is 21.9. The predicted molar refractivity (Wildman–Crippen MR) is 147 cm³/mol. The maximum absolute atomic E-state index is 13.4. The maximum Gasteiger partial charge on any atom is 0.300 e. The van der Waals surface area contributed by atoms with Crippen molar-refractivity contribution in [3.05, 3.63) is 89.0 Å². The van der Waals surface area contributed by atoms with Crippen LogP contribution in [0, 0.1) is 5.92 Å². The first kappa shape index (κ1) is 26.8. The van der Waals surface area contributed by atoms with Crippen LogP contribution in [0.3, 0.4) is 0 Å². The lowest BCUT2D eigenvalue weighted by Gasteiger charge is -2.26. The number of Topliss-reactive ketones (excluding diaryl/α,β-unsaturated/α-hetero) is 1. The lowest BCUT2D eigenvalue weighted by Crippen LogP contribution is -2.29. The second kappa shape index (κ2) is 11.0. The molecule has 0 spiro atoms. The molecule has 1 heterocycles. The molecule has 0 aromatic heterocycles. The number of anilines is 1. The zero-order chi connectivity index (χ0) is 27.6. The Hall–Kier alpha value is -4.26. The first-order valence-corrected chi connectivity index (χ1v) is 12.6. The van der Waals surface area contributed by atoms with Crippen molar-refractivity contribution in [3.63, 3.8) is 0 Å². The molecule has 7 nitrogen and oxygen atoms in total. The molecule has 1 aliphatic heterocycles. The van der Waals surface area contributed by atoms with Crippen molar-refractivity contribution in [1.29, 1.82) is 0 Å². The molecule has 7 heteroatoms. The van der Waals surface area contributed by atoms with Crippen LogP contribution in [-0.2, 0) is 9.59 Å². The molecular weight excluding hydrogens is 482 g/mol. The summed E-state index contributed by atoms with van der Waals surface area (Å²) < 4.78 is 11.0. The van der Waals surface area contributed by atoms with E-state index in [9.17, 15) is 19.8 Å². The van der Waals surface area contributed by atoms with E-state index in [1.165, 1.54) is 18.1 Å². The normalized spacial score (nSPS) is 16.9. The van der Waals surface area contributed by atoms with E-state index < -0.39 is 17.7 Å². The Morgan fingerprint density at radius 3 is 2.29 bits per heavy atom. The smallest absolute Gasteiger partial charge is 0.300 e. The average Bonchev–Trinajstić information content (AvgIpc) is 3.17. The highest BCUT2D eigenvalue weighted by atomic mass is 16.5. The van der Waals surface area contributed by atoms with Gasteiger partial charge in [0.05, 0.1) is 25.3 Å². The van der Waals surface area contributed by atoms with Crippen LogP contribution in [-0.4, -0.2) is 35.6 Å². The zero-order valence-electron chi connectivity index (χ0n) is 22.3. The highest BCUT2D eigenvalue weighted by Gasteiger charge is 2.47. The number of methoxy groups -OCH3 is 1. The number of aromatic hydroxyl groups is 1. The van der Waals surface area contributed by atoms with E-state index in [1.807, 2.05) is 26.0 Å². The summed E-state index contributed by atoms with van der Waals surface area (Å²) >= 11 is 0. The van der Waals surface area contributed by atoms with Gasteiger partial charge in [0, 0.05) is 11.3 Å². The van der Waals surface area contributed by atoms with Crippen molar-refractivity contribution < 1.29 is 29.3 Å². The van der Waals surface area contributed by atoms with E-state index in [2.05, 4.69) is 13.8 Å². The third-order valence-corrected chi connectivity index (χ3v) is 6.49. The van der Waals surface area contributed by atoms with E-state index in [4.69, 9.17) is 9.47 Å². The zero-order valence-corrected chi connectivity index (χ0v) is 22.3. The molecule has 3 aromatic carbocycles. The molecule has 198 valence electrons. The van der Waals surface area contributed by atoms with Crippen molar-refractivity contribution in [1.82, 2.24) is 0 Å². The fourth-order valence-corrected chi connectivity index (χ4v) is 4.46. The Kier molecular flexibility index (Phi) is 7.76. The molecule has 1 saturated heterocycles. The summed E-state index contributed by atoms with van der Waals surface area (Å²) in [6, 6.07) is 17.9. The number of aliphatic hydroxyl groups is 1. The van der Waals surface area contributed by atoms with E-state index in [-0.39, 0.29) is 22.8 Å². The summed E-state index contributed by atoms with van der Waals surface area (Å²) in [6.45, 7) is 8.69. The molecule has 1 atom stereocenters. The fraction of sp³-hybridized carbons (Fsp3) is 0.290. The molecule has 0 radical (unpaired) electrons. The molecule has 1 unspecified atom stereocenters. The van der Waals surface area contributed by atoms with Gasteiger partial charge in [-0.25, -0.2) is 0 Å². The van der Waals surface area contributed by atoms with Crippen LogP contribution in [0.4, 0.5) is 5.69 Å². The molecule has 0 saturated carbocycles. The molecule has 0 bridgehead atoms. The van der Waals surface area contributed by atoms with Gasteiger partial charge >= 0.3 is 0 Å². The van der Waals surface area contributed by atoms with Gasteiger partial charge in [0.25, 0.3) is 11.7 Å². The number of phenolic OH excluding ortho intramolecular Hbond substituents is 1. The minimum atomic E-state index is -0.975. The van der Waals surface area contributed by atoms with Gasteiger partial charge in [-0.1, -0.05) is 58.0 Å². The Balaban J connectivity index is 1.87. The topological polar surface area (TPSA) is 96.3 Å². The van der Waals surface area contributed by atoms with Gasteiger partial charge in [0.1, 0.15) is 11.5 Å². The van der Waals surface area contributed by atoms with E-state index in [0.29, 0.717) is 41.0 Å². The lowest BCUT2D eigenvalue weighted by atomic mass is 9.94. The molecule has 4 rings (SSSR count). The Bertz CT molecular complexity index is 1370. The number of ketones is 1. The quantitative estimate of drug-likeness (QED) is 0.211. The van der Waals surface area contributed by atoms with Crippen LogP contribution < -0.4 is 14.4 Å². The Morgan fingerprint density at radius 1 is 0.974 bits per heavy atom. The Morgan fingerprint density at radius 2 is 1.68 bits per heavy atom. The van der Waals surface area contributed by atoms with Crippen molar-refractivity contribution in [3.8, 4) is 17.2 Å². The number of carbonyl (C=O) groups excluding carboxylic acids is 2. The second-order valence-electron chi connectivity index (χ2n) is 10.1. The fourth-order valence-electron chi connectivity index (χ4n) is 4.46. The van der Waals surface area contributed by atoms with Crippen molar-refractivity contribution >= 4 is 23.1 Å². The number of benzene rings is 3. The number of aliphatic hydroxyl groups excluding tert-OH is 1. The van der Waals surface area contributed by atoms with Crippen molar-refractivity contribution in [2.45, 2.75) is 39.7 Å². The summed E-state index contributed by atoms with van der Waals surface area (Å²) in [6.07, 6.45) is 0. The average molecular weight is 516 g/mol. The molecule has 3 aromatic rings. The van der Waals surface area contributed by atoms with E-state index in [1.54, 1.807) is 48.5 Å². The van der Waals surface area contributed by atoms with Crippen LogP contribution in [0.5, 0.6) is 17.2 Å². The predicted octanol–water partition coefficient (Wildman–Crippen LogP) is 6.19. The summed E-state index contributed by atoms with van der Waals surface area (Å²) in [4.78, 5) is 28.2. The number of ether oxygens (including phenoxy) is 2. The van der Waals surface area contributed by atoms with Crippen molar-refractivity contribution in [2.24, 2.45) is 5.92 Å². The number of rotatable bonds is 8. The molecule has 2 N–H and O–H groups in total. The number of hydrogen-bond acceptors (Lipinski definition) is 6. The maximum atomic E-state index is 13.4. The number of nitrogens with zero attached hydrogens (tertiary/aromatic N) is 1. The van der Waals surface area contributed by atoms with Crippen LogP contribution in [0.25, 0.3) is 5.76 Å². The first-order valence-electron chi connectivity index (χ1n) is 12.6. The van der Waals surface area contributed by atoms with Gasteiger partial charge in [0.15, 0.2) is 11.5 Å². The van der Waals surface area contributed by atoms with Crippen molar-refractivity contribution in [2.75, 3.05) is 18.6 Å². The number of amides is 1. The van der Waals surface area contributed by atoms with Gasteiger partial charge in [-0.3, -0.25) is 14.5 Å². The standard InChI is InChI=1S/C31H33NO6/c1-18(2)17-38-24-8-6-7-22(15-24)29(34)27-28(21-11-14-26(37-5)25(33)16-21)32(31(36)30(27)35)23-12-9-20(10-13-23)19(3)4/h6-16,18-19,28,33-34H,17H2,1-5H3/b29-27-. The van der Waals surface area contributed by atoms with Gasteiger partial charge in [-0.05, 0) is 59.4 Å². The third-order valence-electron chi connectivity index (χ3n) is 6.49. The van der Waals surface area contributed by atoms with Gasteiger partial charge < -0.3 is 19.7 Å². The van der Waals surface area contributed by atoms with E-state index in [0.717, 1.165) is 5.56 Å². The van der Waals surface area contributed by atoms with Crippen LogP contribution in [0.15, 0.2) is 72.3 Å². The monoisotopic (exact) mass is 515 g/mol. The molecule has 1 amide bonds. The molecule has 1 aliphatic rings. The lowest BCUT2D eigenvalue weighted by molar-refractivity contribution is -0.132. The highest BCUT2D eigenvalue weighted by Crippen LogP contribution is 2.44. The molecular formula is C31H33NO6. The SMILES string of the molecule is COc1ccc(C2/C(=C(/O)c3cccc(OCC(C)C)c3)C(=O)C(=O)N2c2ccc(C(C)C)cc2)cc1O. The minimum Gasteiger partial charge on any atom is -0.507 e. The van der Waals surface area contributed by atoms with Gasteiger partial charge in [-0.15, -0.1) is 0 Å². The minimum absolute atomic E-state index is 0.0755. The molecule has 38 heavy (non-hydrogen) atoms. The Labute approximate surface area is 222 Å². The summed E-state index contributed by atoms with van der Waals surface area (Å²) in [5.74, 6) is -0.654. The molecule has 0 aliphatic carbocycles. The second-order valence-corrected chi connectivity index (χ2v) is 10.1. The van der Waals surface area contributed by atoms with Gasteiger partial charge in [-0.2, -0.15) is 0 Å². The number of hydrogen-bond donors (Lipinski definition) is 2. The first-order chi connectivity index (χ1) is 18.1. The largest absolute Gasteiger partial charge is 0.507 e. The van der Waals surface area contributed by atoms with Gasteiger partial charge in [0.2, 0.25) is 0 Å². The number of carbonyl (C=O) groups is 2. The van der Waals surface area contributed by atoms with Crippen LogP contribution in [0.1, 0.15) is 56.3 Å². The summed E-state index contributed by atoms with van der Waals surface area (Å²) in [7, 11) is 1.44. The van der Waals surface area contributed by atoms with E-state index >= 15 is 0 Å². The third kappa shape index (κ3) is 5.23. The molecule has 1 fully saturated rings. The van der Waals surface area contributed by atoms with Crippen LogP contribution in [0.2, 0.25) is 0 Å². The number of phenols is 1. The summed E-state index contributed by atoms with van der Waals surface area (Å²) in [5.41, 5.74) is 2.31.